The summed E-state index contributed by atoms with van der Waals surface area (Å²) in [5.41, 5.74) is 2.43. The molecule has 0 saturated carbocycles. The van der Waals surface area contributed by atoms with Gasteiger partial charge in [-0.1, -0.05) is 33.6 Å². The third-order valence-electron chi connectivity index (χ3n) is 3.54. The van der Waals surface area contributed by atoms with E-state index in [2.05, 4.69) is 15.9 Å². The molecule has 0 unspecified atom stereocenters. The number of rotatable bonds is 3. The van der Waals surface area contributed by atoms with Gasteiger partial charge in [0.15, 0.2) is 0 Å². The minimum atomic E-state index is -3.64. The average molecular weight is 399 g/mol. The number of fused-ring (bicyclic) bond motifs is 1. The van der Waals surface area contributed by atoms with Crippen molar-refractivity contribution < 1.29 is 8.42 Å². The Morgan fingerprint density at radius 1 is 1.14 bits per heavy atom. The van der Waals surface area contributed by atoms with Crippen molar-refractivity contribution in [2.45, 2.75) is 17.7 Å². The van der Waals surface area contributed by atoms with E-state index in [1.807, 2.05) is 19.1 Å². The Morgan fingerprint density at radius 3 is 2.45 bits per heavy atom. The van der Waals surface area contributed by atoms with Crippen molar-refractivity contribution in [3.05, 3.63) is 64.3 Å². The lowest BCUT2D eigenvalue weighted by molar-refractivity contribution is 0.589. The van der Waals surface area contributed by atoms with Gasteiger partial charge in [-0.25, -0.2) is 12.4 Å². The molecule has 0 fully saturated rings. The highest BCUT2D eigenvalue weighted by Crippen LogP contribution is 2.29. The molecule has 0 N–H and O–H groups in total. The van der Waals surface area contributed by atoms with Gasteiger partial charge in [-0.15, -0.1) is 11.6 Å². The molecule has 0 radical (unpaired) electrons. The summed E-state index contributed by atoms with van der Waals surface area (Å²) in [5.74, 6) is 0.253. The largest absolute Gasteiger partial charge is 0.268 e. The van der Waals surface area contributed by atoms with E-state index in [4.69, 9.17) is 11.6 Å². The Morgan fingerprint density at radius 2 is 1.82 bits per heavy atom. The number of aromatic nitrogens is 1. The number of alkyl halides is 1. The molecule has 3 rings (SSSR count). The lowest BCUT2D eigenvalue weighted by Gasteiger charge is -2.08. The van der Waals surface area contributed by atoms with Crippen LogP contribution in [0, 0.1) is 6.92 Å². The van der Waals surface area contributed by atoms with Crippen molar-refractivity contribution in [1.82, 2.24) is 3.97 Å². The first-order valence-electron chi connectivity index (χ1n) is 6.61. The van der Waals surface area contributed by atoms with Gasteiger partial charge in [-0.2, -0.15) is 0 Å². The minimum Gasteiger partial charge on any atom is -0.241 e. The van der Waals surface area contributed by atoms with Crippen LogP contribution in [0.3, 0.4) is 0 Å². The molecule has 0 aliphatic rings. The molecule has 0 aliphatic heterocycles. The monoisotopic (exact) mass is 397 g/mol. The molecule has 1 heterocycles. The summed E-state index contributed by atoms with van der Waals surface area (Å²) in [6.07, 6.45) is 1.60. The van der Waals surface area contributed by atoms with E-state index in [0.29, 0.717) is 5.52 Å². The Hall–Kier alpha value is -1.30. The van der Waals surface area contributed by atoms with Crippen LogP contribution in [0.25, 0.3) is 10.9 Å². The first-order chi connectivity index (χ1) is 10.4. The van der Waals surface area contributed by atoms with Gasteiger partial charge in [-0.3, -0.25) is 0 Å². The summed E-state index contributed by atoms with van der Waals surface area (Å²) < 4.78 is 28.0. The first-order valence-corrected chi connectivity index (χ1v) is 9.38. The van der Waals surface area contributed by atoms with Gasteiger partial charge in [0.2, 0.25) is 0 Å². The van der Waals surface area contributed by atoms with Crippen LogP contribution >= 0.6 is 27.5 Å². The Kier molecular flexibility index (Phi) is 4.05. The number of nitrogens with zero attached hydrogens (tertiary/aromatic N) is 1. The van der Waals surface area contributed by atoms with Crippen LogP contribution in [0.15, 0.2) is 58.0 Å². The van der Waals surface area contributed by atoms with Gasteiger partial charge in [-0.05, 0) is 42.8 Å². The maximum atomic E-state index is 12.9. The topological polar surface area (TPSA) is 39.1 Å². The number of aryl methyl sites for hydroxylation is 1. The highest BCUT2D eigenvalue weighted by Gasteiger charge is 2.21. The number of hydrogen-bond acceptors (Lipinski definition) is 2. The van der Waals surface area contributed by atoms with E-state index in [1.165, 1.54) is 3.97 Å². The van der Waals surface area contributed by atoms with Crippen LogP contribution in [0.2, 0.25) is 0 Å². The molecule has 22 heavy (non-hydrogen) atoms. The molecular formula is C16H13BrClNO2S. The molecule has 3 aromatic rings. The Balaban J connectivity index is 2.27. The van der Waals surface area contributed by atoms with Crippen LogP contribution in [0.5, 0.6) is 0 Å². The molecule has 2 aromatic carbocycles. The molecule has 0 amide bonds. The number of halogens is 2. The predicted molar refractivity (Wildman–Crippen MR) is 93.0 cm³/mol. The second-order valence-electron chi connectivity index (χ2n) is 5.06. The third kappa shape index (κ3) is 2.57. The van der Waals surface area contributed by atoms with E-state index >= 15 is 0 Å². The lowest BCUT2D eigenvalue weighted by atomic mass is 10.2. The highest BCUT2D eigenvalue weighted by atomic mass is 79.9. The predicted octanol–water partition coefficient (Wildman–Crippen LogP) is 4.69. The fraction of sp³-hybridized carbons (Fsp3) is 0.125. The minimum absolute atomic E-state index is 0.253. The van der Waals surface area contributed by atoms with E-state index in [0.717, 1.165) is 21.0 Å². The zero-order chi connectivity index (χ0) is 15.9. The Bertz CT molecular complexity index is 946. The average Bonchev–Trinajstić information content (AvgIpc) is 2.86. The second kappa shape index (κ2) is 5.72. The zero-order valence-electron chi connectivity index (χ0n) is 11.8. The summed E-state index contributed by atoms with van der Waals surface area (Å²) in [6.45, 7) is 1.92. The maximum Gasteiger partial charge on any atom is 0.268 e. The van der Waals surface area contributed by atoms with Gasteiger partial charge in [0.1, 0.15) is 0 Å². The van der Waals surface area contributed by atoms with E-state index in [1.54, 1.807) is 36.5 Å². The normalized spacial score (nSPS) is 12.0. The fourth-order valence-electron chi connectivity index (χ4n) is 2.37. The SMILES string of the molecule is Cc1ccc(S(=O)(=O)n2cc(CCl)c3cc(Br)ccc32)cc1. The van der Waals surface area contributed by atoms with Crippen LogP contribution in [-0.2, 0) is 15.9 Å². The van der Waals surface area contributed by atoms with Gasteiger partial charge in [0, 0.05) is 21.9 Å². The Labute approximate surface area is 142 Å². The van der Waals surface area contributed by atoms with E-state index < -0.39 is 10.0 Å². The summed E-state index contributed by atoms with van der Waals surface area (Å²) in [6, 6.07) is 12.3. The fourth-order valence-corrected chi connectivity index (χ4v) is 4.33. The van der Waals surface area contributed by atoms with E-state index in [9.17, 15) is 8.42 Å². The van der Waals surface area contributed by atoms with Crippen LogP contribution in [0.4, 0.5) is 0 Å². The van der Waals surface area contributed by atoms with Crippen molar-refractivity contribution in [3.8, 4) is 0 Å². The number of benzene rings is 2. The van der Waals surface area contributed by atoms with Crippen LogP contribution in [0.1, 0.15) is 11.1 Å². The summed E-state index contributed by atoms with van der Waals surface area (Å²) >= 11 is 9.37. The molecule has 0 saturated heterocycles. The van der Waals surface area contributed by atoms with E-state index in [-0.39, 0.29) is 10.8 Å². The quantitative estimate of drug-likeness (QED) is 0.600. The highest BCUT2D eigenvalue weighted by molar-refractivity contribution is 9.10. The summed E-state index contributed by atoms with van der Waals surface area (Å²) in [5, 5.41) is 0.833. The molecule has 0 spiro atoms. The molecule has 1 aromatic heterocycles. The third-order valence-corrected chi connectivity index (χ3v) is 6.01. The molecule has 0 bridgehead atoms. The molecular weight excluding hydrogens is 386 g/mol. The smallest absolute Gasteiger partial charge is 0.241 e. The molecule has 6 heteroatoms. The van der Waals surface area contributed by atoms with Crippen LogP contribution < -0.4 is 0 Å². The lowest BCUT2D eigenvalue weighted by Crippen LogP contribution is -2.11. The van der Waals surface area contributed by atoms with Gasteiger partial charge in [0.25, 0.3) is 10.0 Å². The summed E-state index contributed by atoms with van der Waals surface area (Å²) in [7, 11) is -3.64. The van der Waals surface area contributed by atoms with Crippen molar-refractivity contribution in [2.75, 3.05) is 0 Å². The van der Waals surface area contributed by atoms with Crippen LogP contribution in [-0.4, -0.2) is 12.4 Å². The molecule has 114 valence electrons. The van der Waals surface area contributed by atoms with Crippen molar-refractivity contribution in [1.29, 1.82) is 0 Å². The molecule has 0 aliphatic carbocycles. The van der Waals surface area contributed by atoms with Gasteiger partial charge >= 0.3 is 0 Å². The maximum absolute atomic E-state index is 12.9. The standard InChI is InChI=1S/C16H13BrClNO2S/c1-11-2-5-14(6-3-11)22(20,21)19-10-12(9-18)15-8-13(17)4-7-16(15)19/h2-8,10H,9H2,1H3. The van der Waals surface area contributed by atoms with Crippen molar-refractivity contribution in [2.24, 2.45) is 0 Å². The molecule has 0 atom stereocenters. The van der Waals surface area contributed by atoms with Crippen molar-refractivity contribution >= 4 is 48.5 Å². The zero-order valence-corrected chi connectivity index (χ0v) is 14.9. The molecule has 3 nitrogen and oxygen atoms in total. The van der Waals surface area contributed by atoms with Gasteiger partial charge < -0.3 is 0 Å². The summed E-state index contributed by atoms with van der Waals surface area (Å²) in [4.78, 5) is 0.263. The second-order valence-corrected chi connectivity index (χ2v) is 8.06. The first kappa shape index (κ1) is 15.6. The number of hydrogen-bond donors (Lipinski definition) is 0. The van der Waals surface area contributed by atoms with Gasteiger partial charge in [0.05, 0.1) is 10.4 Å². The van der Waals surface area contributed by atoms with Crippen molar-refractivity contribution in [3.63, 3.8) is 0 Å².